The van der Waals surface area contributed by atoms with Crippen LogP contribution in [-0.2, 0) is 6.42 Å². The molecule has 2 nitrogen and oxygen atoms in total. The predicted octanol–water partition coefficient (Wildman–Crippen LogP) is 1.59. The molecule has 0 bridgehead atoms. The van der Waals surface area contributed by atoms with Crippen LogP contribution in [0.4, 0.5) is 0 Å². The lowest BCUT2D eigenvalue weighted by atomic mass is 9.89. The highest BCUT2D eigenvalue weighted by molar-refractivity contribution is 5.17. The van der Waals surface area contributed by atoms with E-state index in [9.17, 15) is 5.11 Å². The molecular formula is C12H19NO. The molecule has 2 heteroatoms. The fourth-order valence-electron chi connectivity index (χ4n) is 1.62. The molecule has 78 valence electrons. The van der Waals surface area contributed by atoms with Gasteiger partial charge < -0.3 is 10.4 Å². The van der Waals surface area contributed by atoms with Crippen molar-refractivity contribution in [2.75, 3.05) is 13.7 Å². The summed E-state index contributed by atoms with van der Waals surface area (Å²) >= 11 is 0. The Balaban J connectivity index is 2.74. The predicted molar refractivity (Wildman–Crippen MR) is 59.3 cm³/mol. The number of hydrogen-bond donors (Lipinski definition) is 2. The maximum atomic E-state index is 9.38. The second-order valence-electron chi connectivity index (χ2n) is 3.70. The molecule has 0 aliphatic heterocycles. The minimum Gasteiger partial charge on any atom is -0.394 e. The van der Waals surface area contributed by atoms with Crippen LogP contribution in [0, 0.1) is 0 Å². The van der Waals surface area contributed by atoms with Crippen molar-refractivity contribution in [3.05, 3.63) is 35.9 Å². The van der Waals surface area contributed by atoms with Gasteiger partial charge in [-0.25, -0.2) is 0 Å². The summed E-state index contributed by atoms with van der Waals surface area (Å²) < 4.78 is 0. The van der Waals surface area contributed by atoms with E-state index in [1.165, 1.54) is 5.56 Å². The molecule has 1 aromatic carbocycles. The van der Waals surface area contributed by atoms with Crippen LogP contribution in [0.25, 0.3) is 0 Å². The average molecular weight is 193 g/mol. The molecule has 0 aliphatic rings. The van der Waals surface area contributed by atoms with Gasteiger partial charge in [0.15, 0.2) is 0 Å². The van der Waals surface area contributed by atoms with Crippen LogP contribution in [0.15, 0.2) is 30.3 Å². The normalized spacial score (nSPS) is 15.1. The Labute approximate surface area is 86.0 Å². The molecule has 0 spiro atoms. The van der Waals surface area contributed by atoms with E-state index < -0.39 is 0 Å². The van der Waals surface area contributed by atoms with Gasteiger partial charge in [-0.05, 0) is 25.5 Å². The molecule has 1 aromatic rings. The fraction of sp³-hybridized carbons (Fsp3) is 0.500. The maximum Gasteiger partial charge on any atom is 0.0616 e. The number of likely N-dealkylation sites (N-methyl/N-ethyl adjacent to an activating group) is 1. The first-order valence-corrected chi connectivity index (χ1v) is 5.10. The Bertz CT molecular complexity index is 246. The first kappa shape index (κ1) is 11.2. The zero-order chi connectivity index (χ0) is 10.4. The summed E-state index contributed by atoms with van der Waals surface area (Å²) in [6.45, 7) is 2.27. The van der Waals surface area contributed by atoms with E-state index in [0.717, 1.165) is 12.8 Å². The van der Waals surface area contributed by atoms with Crippen LogP contribution in [0.3, 0.4) is 0 Å². The number of rotatable bonds is 5. The van der Waals surface area contributed by atoms with E-state index >= 15 is 0 Å². The largest absolute Gasteiger partial charge is 0.394 e. The summed E-state index contributed by atoms with van der Waals surface area (Å²) in [7, 11) is 1.91. The van der Waals surface area contributed by atoms with Crippen LogP contribution in [0.1, 0.15) is 18.9 Å². The van der Waals surface area contributed by atoms with Crippen LogP contribution in [0.2, 0.25) is 0 Å². The topological polar surface area (TPSA) is 32.3 Å². The Morgan fingerprint density at radius 1 is 1.29 bits per heavy atom. The van der Waals surface area contributed by atoms with Gasteiger partial charge in [-0.2, -0.15) is 0 Å². The minimum absolute atomic E-state index is 0.165. The fourth-order valence-corrected chi connectivity index (χ4v) is 1.62. The third-order valence-electron chi connectivity index (χ3n) is 2.90. The number of benzene rings is 1. The SMILES string of the molecule is CCC(CO)(Cc1ccccc1)NC. The van der Waals surface area contributed by atoms with Crippen molar-refractivity contribution in [2.24, 2.45) is 0 Å². The highest BCUT2D eigenvalue weighted by atomic mass is 16.3. The molecule has 1 rings (SSSR count). The van der Waals surface area contributed by atoms with Gasteiger partial charge in [-0.3, -0.25) is 0 Å². The van der Waals surface area contributed by atoms with Crippen LogP contribution in [-0.4, -0.2) is 24.3 Å². The van der Waals surface area contributed by atoms with Crippen molar-refractivity contribution < 1.29 is 5.11 Å². The van der Waals surface area contributed by atoms with E-state index in [4.69, 9.17) is 0 Å². The molecule has 0 heterocycles. The Hall–Kier alpha value is -0.860. The van der Waals surface area contributed by atoms with Crippen LogP contribution >= 0.6 is 0 Å². The molecule has 0 aromatic heterocycles. The highest BCUT2D eigenvalue weighted by Crippen LogP contribution is 2.16. The summed E-state index contributed by atoms with van der Waals surface area (Å²) in [6, 6.07) is 10.3. The Kier molecular flexibility index (Phi) is 4.11. The molecule has 0 saturated heterocycles. The van der Waals surface area contributed by atoms with Crippen LogP contribution < -0.4 is 5.32 Å². The lowest BCUT2D eigenvalue weighted by Gasteiger charge is -2.30. The van der Waals surface area contributed by atoms with Crippen molar-refractivity contribution >= 4 is 0 Å². The van der Waals surface area contributed by atoms with E-state index in [0.29, 0.717) is 0 Å². The zero-order valence-corrected chi connectivity index (χ0v) is 8.96. The quantitative estimate of drug-likeness (QED) is 0.744. The van der Waals surface area contributed by atoms with E-state index in [1.807, 2.05) is 25.2 Å². The monoisotopic (exact) mass is 193 g/mol. The lowest BCUT2D eigenvalue weighted by Crippen LogP contribution is -2.47. The summed E-state index contributed by atoms with van der Waals surface area (Å²) in [6.07, 6.45) is 1.80. The van der Waals surface area contributed by atoms with Gasteiger partial charge in [0.2, 0.25) is 0 Å². The lowest BCUT2D eigenvalue weighted by molar-refractivity contribution is 0.163. The molecular weight excluding hydrogens is 174 g/mol. The summed E-state index contributed by atoms with van der Waals surface area (Å²) in [5.74, 6) is 0. The van der Waals surface area contributed by atoms with Gasteiger partial charge in [0.05, 0.1) is 6.61 Å². The van der Waals surface area contributed by atoms with Crippen molar-refractivity contribution in [3.63, 3.8) is 0 Å². The third-order valence-corrected chi connectivity index (χ3v) is 2.90. The van der Waals surface area contributed by atoms with Crippen molar-refractivity contribution in [1.82, 2.24) is 5.32 Å². The second-order valence-corrected chi connectivity index (χ2v) is 3.70. The molecule has 0 saturated carbocycles. The van der Waals surface area contributed by atoms with E-state index in [2.05, 4.69) is 24.4 Å². The summed E-state index contributed by atoms with van der Waals surface area (Å²) in [5.41, 5.74) is 1.10. The Morgan fingerprint density at radius 3 is 2.36 bits per heavy atom. The van der Waals surface area contributed by atoms with Gasteiger partial charge >= 0.3 is 0 Å². The molecule has 0 aliphatic carbocycles. The third kappa shape index (κ3) is 2.56. The van der Waals surface area contributed by atoms with Gasteiger partial charge in [0.1, 0.15) is 0 Å². The average Bonchev–Trinajstić information content (AvgIpc) is 2.28. The summed E-state index contributed by atoms with van der Waals surface area (Å²) in [4.78, 5) is 0. The van der Waals surface area contributed by atoms with Crippen LogP contribution in [0.5, 0.6) is 0 Å². The molecule has 1 unspecified atom stereocenters. The van der Waals surface area contributed by atoms with Gasteiger partial charge in [-0.1, -0.05) is 37.3 Å². The number of aliphatic hydroxyl groups excluding tert-OH is 1. The van der Waals surface area contributed by atoms with Gasteiger partial charge in [-0.15, -0.1) is 0 Å². The standard InChI is InChI=1S/C12H19NO/c1-3-12(10-14,13-2)9-11-7-5-4-6-8-11/h4-8,13-14H,3,9-10H2,1-2H3. The molecule has 0 fully saturated rings. The van der Waals surface area contributed by atoms with Gasteiger partial charge in [0.25, 0.3) is 0 Å². The smallest absolute Gasteiger partial charge is 0.0616 e. The number of aliphatic hydroxyl groups is 1. The van der Waals surface area contributed by atoms with Gasteiger partial charge in [0, 0.05) is 5.54 Å². The number of hydrogen-bond acceptors (Lipinski definition) is 2. The van der Waals surface area contributed by atoms with Crippen molar-refractivity contribution in [2.45, 2.75) is 25.3 Å². The number of nitrogens with one attached hydrogen (secondary N) is 1. The zero-order valence-electron chi connectivity index (χ0n) is 8.96. The van der Waals surface area contributed by atoms with E-state index in [-0.39, 0.29) is 12.1 Å². The summed E-state index contributed by atoms with van der Waals surface area (Å²) in [5, 5.41) is 12.6. The molecule has 14 heavy (non-hydrogen) atoms. The second kappa shape index (κ2) is 5.13. The molecule has 0 radical (unpaired) electrons. The maximum absolute atomic E-state index is 9.38. The van der Waals surface area contributed by atoms with Crippen molar-refractivity contribution in [1.29, 1.82) is 0 Å². The minimum atomic E-state index is -0.165. The first-order chi connectivity index (χ1) is 6.76. The molecule has 2 N–H and O–H groups in total. The first-order valence-electron chi connectivity index (χ1n) is 5.10. The Morgan fingerprint density at radius 2 is 1.93 bits per heavy atom. The molecule has 0 amide bonds. The van der Waals surface area contributed by atoms with Crippen molar-refractivity contribution in [3.8, 4) is 0 Å². The highest BCUT2D eigenvalue weighted by Gasteiger charge is 2.24. The molecule has 1 atom stereocenters. The van der Waals surface area contributed by atoms with E-state index in [1.54, 1.807) is 0 Å².